The van der Waals surface area contributed by atoms with Crippen LogP contribution in [0.4, 0.5) is 4.39 Å². The lowest BCUT2D eigenvalue weighted by Gasteiger charge is -2.07. The van der Waals surface area contributed by atoms with Crippen LogP contribution < -0.4 is 5.73 Å². The zero-order chi connectivity index (χ0) is 7.72. The van der Waals surface area contributed by atoms with Crippen LogP contribution in [-0.2, 0) is 4.79 Å². The van der Waals surface area contributed by atoms with Crippen LogP contribution in [0.3, 0.4) is 0 Å². The summed E-state index contributed by atoms with van der Waals surface area (Å²) in [6.45, 7) is 0. The summed E-state index contributed by atoms with van der Waals surface area (Å²) in [5, 5.41) is 8.45. The molecule has 3 N–H and O–H groups in total. The molecule has 0 radical (unpaired) electrons. The van der Waals surface area contributed by atoms with E-state index in [1.54, 1.807) is 0 Å². The standard InChI is InChI=1S/C6H10FNO2/c7-3-1-4(6(9)10)5(8)2-3/h3-5H,1-2,8H2,(H,9,10)/t3-,4-,5+/m1/s1. The monoisotopic (exact) mass is 147 g/mol. The van der Waals surface area contributed by atoms with Gasteiger partial charge in [0.2, 0.25) is 0 Å². The van der Waals surface area contributed by atoms with E-state index in [0.29, 0.717) is 0 Å². The van der Waals surface area contributed by atoms with Crippen LogP contribution in [0.5, 0.6) is 0 Å². The van der Waals surface area contributed by atoms with Gasteiger partial charge < -0.3 is 10.8 Å². The van der Waals surface area contributed by atoms with E-state index in [0.717, 1.165) is 0 Å². The minimum atomic E-state index is -1.02. The lowest BCUT2D eigenvalue weighted by Crippen LogP contribution is -2.30. The number of hydrogen-bond acceptors (Lipinski definition) is 2. The Morgan fingerprint density at radius 1 is 1.60 bits per heavy atom. The molecule has 0 aliphatic heterocycles. The molecule has 4 heteroatoms. The van der Waals surface area contributed by atoms with E-state index in [2.05, 4.69) is 0 Å². The third kappa shape index (κ3) is 1.26. The second-order valence-corrected chi connectivity index (χ2v) is 2.68. The number of aliphatic carboxylic acids is 1. The van der Waals surface area contributed by atoms with Crippen LogP contribution in [-0.4, -0.2) is 23.3 Å². The molecule has 1 saturated carbocycles. The van der Waals surface area contributed by atoms with E-state index in [1.165, 1.54) is 0 Å². The van der Waals surface area contributed by atoms with Crippen molar-refractivity contribution in [1.82, 2.24) is 0 Å². The predicted molar refractivity (Wildman–Crippen MR) is 33.2 cm³/mol. The normalized spacial score (nSPS) is 40.0. The lowest BCUT2D eigenvalue weighted by atomic mass is 10.1. The Labute approximate surface area is 58.0 Å². The average molecular weight is 147 g/mol. The van der Waals surface area contributed by atoms with Crippen LogP contribution in [0.1, 0.15) is 12.8 Å². The highest BCUT2D eigenvalue weighted by Gasteiger charge is 2.36. The highest BCUT2D eigenvalue weighted by atomic mass is 19.1. The molecule has 0 aromatic carbocycles. The Bertz CT molecular complexity index is 151. The van der Waals surface area contributed by atoms with Crippen molar-refractivity contribution in [1.29, 1.82) is 0 Å². The van der Waals surface area contributed by atoms with Gasteiger partial charge in [-0.3, -0.25) is 4.79 Å². The van der Waals surface area contributed by atoms with Crippen LogP contribution in [0, 0.1) is 5.92 Å². The number of carbonyl (C=O) groups is 1. The fourth-order valence-corrected chi connectivity index (χ4v) is 1.29. The van der Waals surface area contributed by atoms with Crippen molar-refractivity contribution in [3.63, 3.8) is 0 Å². The maximum absolute atomic E-state index is 12.4. The highest BCUT2D eigenvalue weighted by molar-refractivity contribution is 5.71. The summed E-state index contributed by atoms with van der Waals surface area (Å²) >= 11 is 0. The van der Waals surface area contributed by atoms with Gasteiger partial charge in [-0.1, -0.05) is 0 Å². The van der Waals surface area contributed by atoms with E-state index in [9.17, 15) is 9.18 Å². The molecule has 3 nitrogen and oxygen atoms in total. The molecule has 0 aromatic rings. The van der Waals surface area contributed by atoms with Gasteiger partial charge in [-0.15, -0.1) is 0 Å². The molecule has 0 heterocycles. The van der Waals surface area contributed by atoms with Gasteiger partial charge in [0.15, 0.2) is 0 Å². The third-order valence-corrected chi connectivity index (χ3v) is 1.87. The number of nitrogens with two attached hydrogens (primary N) is 1. The Kier molecular flexibility index (Phi) is 1.89. The molecule has 3 atom stereocenters. The molecule has 0 spiro atoms. The summed E-state index contributed by atoms with van der Waals surface area (Å²) in [6.07, 6.45) is -0.746. The fraction of sp³-hybridized carbons (Fsp3) is 0.833. The molecular weight excluding hydrogens is 137 g/mol. The van der Waals surface area contributed by atoms with Gasteiger partial charge >= 0.3 is 5.97 Å². The SMILES string of the molecule is N[C@H]1C[C@H](F)C[C@H]1C(=O)O. The van der Waals surface area contributed by atoms with Crippen molar-refractivity contribution in [2.24, 2.45) is 11.7 Å². The lowest BCUT2D eigenvalue weighted by molar-refractivity contribution is -0.142. The summed E-state index contributed by atoms with van der Waals surface area (Å²) in [4.78, 5) is 10.3. The minimum Gasteiger partial charge on any atom is -0.481 e. The molecule has 0 saturated heterocycles. The Morgan fingerprint density at radius 2 is 2.20 bits per heavy atom. The summed E-state index contributed by atoms with van der Waals surface area (Å²) in [6, 6.07) is -0.493. The Morgan fingerprint density at radius 3 is 2.40 bits per heavy atom. The largest absolute Gasteiger partial charge is 0.481 e. The molecular formula is C6H10FNO2. The molecule has 0 amide bonds. The van der Waals surface area contributed by atoms with E-state index in [-0.39, 0.29) is 12.8 Å². The van der Waals surface area contributed by atoms with E-state index < -0.39 is 24.1 Å². The van der Waals surface area contributed by atoms with Gasteiger partial charge in [-0.05, 0) is 12.8 Å². The minimum absolute atomic E-state index is 0.0799. The van der Waals surface area contributed by atoms with Gasteiger partial charge in [0.1, 0.15) is 6.17 Å². The summed E-state index contributed by atoms with van der Waals surface area (Å²) in [5.74, 6) is -1.65. The molecule has 0 unspecified atom stereocenters. The van der Waals surface area contributed by atoms with Gasteiger partial charge in [0, 0.05) is 6.04 Å². The van der Waals surface area contributed by atoms with Gasteiger partial charge in [-0.2, -0.15) is 0 Å². The van der Waals surface area contributed by atoms with Crippen molar-refractivity contribution in [2.45, 2.75) is 25.1 Å². The second-order valence-electron chi connectivity index (χ2n) is 2.68. The first-order valence-corrected chi connectivity index (χ1v) is 3.23. The number of alkyl halides is 1. The zero-order valence-corrected chi connectivity index (χ0v) is 5.46. The summed E-state index contributed by atoms with van der Waals surface area (Å²) in [5.41, 5.74) is 5.35. The van der Waals surface area contributed by atoms with Crippen molar-refractivity contribution in [3.8, 4) is 0 Å². The Hall–Kier alpha value is -0.640. The molecule has 0 bridgehead atoms. The van der Waals surface area contributed by atoms with Crippen molar-refractivity contribution >= 4 is 5.97 Å². The first-order chi connectivity index (χ1) is 4.61. The average Bonchev–Trinajstić information content (AvgIpc) is 2.10. The van der Waals surface area contributed by atoms with E-state index >= 15 is 0 Å². The number of rotatable bonds is 1. The van der Waals surface area contributed by atoms with Crippen LogP contribution in [0.15, 0.2) is 0 Å². The highest BCUT2D eigenvalue weighted by Crippen LogP contribution is 2.26. The van der Waals surface area contributed by atoms with Gasteiger partial charge in [0.25, 0.3) is 0 Å². The van der Waals surface area contributed by atoms with Crippen molar-refractivity contribution in [3.05, 3.63) is 0 Å². The van der Waals surface area contributed by atoms with Crippen LogP contribution >= 0.6 is 0 Å². The number of carboxylic acid groups (broad SMARTS) is 1. The number of carboxylic acids is 1. The topological polar surface area (TPSA) is 63.3 Å². The van der Waals surface area contributed by atoms with Crippen LogP contribution in [0.25, 0.3) is 0 Å². The Balaban J connectivity index is 2.54. The first-order valence-electron chi connectivity index (χ1n) is 3.23. The van der Waals surface area contributed by atoms with Crippen molar-refractivity contribution in [2.75, 3.05) is 0 Å². The van der Waals surface area contributed by atoms with E-state index in [1.807, 2.05) is 0 Å². The van der Waals surface area contributed by atoms with Crippen molar-refractivity contribution < 1.29 is 14.3 Å². The smallest absolute Gasteiger partial charge is 0.308 e. The summed E-state index contributed by atoms with van der Waals surface area (Å²) in [7, 11) is 0. The quantitative estimate of drug-likeness (QED) is 0.554. The molecule has 1 aliphatic carbocycles. The maximum Gasteiger partial charge on any atom is 0.308 e. The van der Waals surface area contributed by atoms with Gasteiger partial charge in [-0.25, -0.2) is 4.39 Å². The first kappa shape index (κ1) is 7.47. The molecule has 10 heavy (non-hydrogen) atoms. The molecule has 1 fully saturated rings. The van der Waals surface area contributed by atoms with Gasteiger partial charge in [0.05, 0.1) is 5.92 Å². The third-order valence-electron chi connectivity index (χ3n) is 1.87. The molecule has 1 aliphatic rings. The molecule has 0 aromatic heterocycles. The molecule has 58 valence electrons. The maximum atomic E-state index is 12.4. The number of hydrogen-bond donors (Lipinski definition) is 2. The van der Waals surface area contributed by atoms with Crippen LogP contribution in [0.2, 0.25) is 0 Å². The predicted octanol–water partition coefficient (Wildman–Crippen LogP) is 0.146. The zero-order valence-electron chi connectivity index (χ0n) is 5.46. The number of halogens is 1. The second kappa shape index (κ2) is 2.54. The summed E-state index contributed by atoms with van der Waals surface area (Å²) < 4.78 is 12.4. The molecule has 1 rings (SSSR count). The van der Waals surface area contributed by atoms with E-state index in [4.69, 9.17) is 10.8 Å². The fourth-order valence-electron chi connectivity index (χ4n) is 1.29.